The summed E-state index contributed by atoms with van der Waals surface area (Å²) in [5.41, 5.74) is 0.135. The zero-order valence-corrected chi connectivity index (χ0v) is 11.2. The fraction of sp³-hybridized carbons (Fsp3) is 0.500. The summed E-state index contributed by atoms with van der Waals surface area (Å²) in [6.07, 6.45) is 7.16. The number of hydrogen-bond acceptors (Lipinski definition) is 3. The lowest BCUT2D eigenvalue weighted by Crippen LogP contribution is -2.15. The van der Waals surface area contributed by atoms with Crippen LogP contribution in [-0.4, -0.2) is 22.0 Å². The molecular formula is C14H20N2O3. The second-order valence-electron chi connectivity index (χ2n) is 4.42. The third kappa shape index (κ3) is 5.50. The van der Waals surface area contributed by atoms with Crippen molar-refractivity contribution in [2.24, 2.45) is 0 Å². The predicted octanol–water partition coefficient (Wildman–Crippen LogP) is 3.08. The quantitative estimate of drug-likeness (QED) is 0.707. The maximum atomic E-state index is 11.7. The van der Waals surface area contributed by atoms with Gasteiger partial charge < -0.3 is 10.4 Å². The van der Waals surface area contributed by atoms with E-state index in [1.807, 2.05) is 0 Å². The van der Waals surface area contributed by atoms with Crippen LogP contribution in [0.15, 0.2) is 18.3 Å². The van der Waals surface area contributed by atoms with Crippen LogP contribution in [0.4, 0.5) is 5.69 Å². The largest absolute Gasteiger partial charge is 0.476 e. The molecule has 0 radical (unpaired) electrons. The fourth-order valence-corrected chi connectivity index (χ4v) is 1.78. The van der Waals surface area contributed by atoms with Crippen molar-refractivity contribution in [3.05, 3.63) is 24.0 Å². The van der Waals surface area contributed by atoms with E-state index in [2.05, 4.69) is 17.2 Å². The van der Waals surface area contributed by atoms with E-state index >= 15 is 0 Å². The summed E-state index contributed by atoms with van der Waals surface area (Å²) in [7, 11) is 0. The summed E-state index contributed by atoms with van der Waals surface area (Å²) in [6.45, 7) is 2.14. The van der Waals surface area contributed by atoms with E-state index in [0.29, 0.717) is 6.42 Å². The molecule has 0 atom stereocenters. The van der Waals surface area contributed by atoms with Gasteiger partial charge in [-0.05, 0) is 18.6 Å². The molecule has 0 aliphatic carbocycles. The molecule has 1 aromatic rings. The minimum absolute atomic E-state index is 0.123. The second-order valence-corrected chi connectivity index (χ2v) is 4.42. The number of carbonyl (C=O) groups excluding carboxylic acids is 1. The van der Waals surface area contributed by atoms with Crippen molar-refractivity contribution >= 4 is 17.6 Å². The average Bonchev–Trinajstić information content (AvgIpc) is 2.39. The van der Waals surface area contributed by atoms with Gasteiger partial charge in [-0.1, -0.05) is 32.6 Å². The molecule has 0 fully saturated rings. The van der Waals surface area contributed by atoms with Crippen molar-refractivity contribution in [1.82, 2.24) is 4.98 Å². The van der Waals surface area contributed by atoms with Gasteiger partial charge in [-0.2, -0.15) is 0 Å². The number of nitrogens with one attached hydrogen (secondary N) is 1. The molecule has 1 rings (SSSR count). The highest BCUT2D eigenvalue weighted by molar-refractivity contribution is 5.98. The minimum atomic E-state index is -1.14. The lowest BCUT2D eigenvalue weighted by Gasteiger charge is -2.07. The van der Waals surface area contributed by atoms with Crippen LogP contribution >= 0.6 is 0 Å². The van der Waals surface area contributed by atoms with E-state index in [9.17, 15) is 9.59 Å². The summed E-state index contributed by atoms with van der Waals surface area (Å²) >= 11 is 0. The predicted molar refractivity (Wildman–Crippen MR) is 73.2 cm³/mol. The van der Waals surface area contributed by atoms with Crippen LogP contribution in [0, 0.1) is 0 Å². The van der Waals surface area contributed by atoms with Crippen LogP contribution in [0.3, 0.4) is 0 Å². The smallest absolute Gasteiger partial charge is 0.356 e. The van der Waals surface area contributed by atoms with Crippen LogP contribution in [0.25, 0.3) is 0 Å². The Morgan fingerprint density at radius 2 is 2.00 bits per heavy atom. The van der Waals surface area contributed by atoms with Gasteiger partial charge in [0.25, 0.3) is 0 Å². The van der Waals surface area contributed by atoms with Crippen molar-refractivity contribution in [3.8, 4) is 0 Å². The Labute approximate surface area is 113 Å². The molecule has 0 spiro atoms. The van der Waals surface area contributed by atoms with Crippen LogP contribution in [0.1, 0.15) is 55.9 Å². The Balaban J connectivity index is 2.42. The van der Waals surface area contributed by atoms with Gasteiger partial charge in [-0.25, -0.2) is 9.78 Å². The number of aromatic nitrogens is 1. The van der Waals surface area contributed by atoms with Gasteiger partial charge in [0.05, 0.1) is 5.69 Å². The van der Waals surface area contributed by atoms with Crippen molar-refractivity contribution in [2.45, 2.75) is 45.4 Å². The number of rotatable bonds is 8. The first kappa shape index (κ1) is 15.1. The van der Waals surface area contributed by atoms with Gasteiger partial charge in [-0.3, -0.25) is 4.79 Å². The molecule has 0 saturated carbocycles. The van der Waals surface area contributed by atoms with Crippen molar-refractivity contribution < 1.29 is 14.7 Å². The number of amides is 1. The number of carboxylic acids is 1. The summed E-state index contributed by atoms with van der Waals surface area (Å²) in [4.78, 5) is 26.3. The molecule has 0 aromatic carbocycles. The Kier molecular flexibility index (Phi) is 6.57. The lowest BCUT2D eigenvalue weighted by molar-refractivity contribution is -0.116. The molecule has 1 amide bonds. The second kappa shape index (κ2) is 8.24. The molecule has 5 nitrogen and oxygen atoms in total. The molecule has 0 saturated heterocycles. The molecule has 2 N–H and O–H groups in total. The Hall–Kier alpha value is -1.91. The summed E-state index contributed by atoms with van der Waals surface area (Å²) in [5.74, 6) is -1.30. The van der Waals surface area contributed by atoms with E-state index in [4.69, 9.17) is 5.11 Å². The summed E-state index contributed by atoms with van der Waals surface area (Å²) in [5, 5.41) is 11.5. The number of nitrogens with zero attached hydrogens (tertiary/aromatic N) is 1. The van der Waals surface area contributed by atoms with Gasteiger partial charge in [0.1, 0.15) is 0 Å². The Bertz CT molecular complexity index is 432. The Morgan fingerprint density at radius 1 is 1.26 bits per heavy atom. The molecule has 0 aliphatic rings. The monoisotopic (exact) mass is 264 g/mol. The summed E-state index contributed by atoms with van der Waals surface area (Å²) in [6, 6.07) is 3.15. The first-order chi connectivity index (χ1) is 9.15. The lowest BCUT2D eigenvalue weighted by atomic mass is 10.1. The molecule has 5 heteroatoms. The van der Waals surface area contributed by atoms with Crippen LogP contribution in [0.5, 0.6) is 0 Å². The number of unbranched alkanes of at least 4 members (excludes halogenated alkanes) is 4. The third-order valence-electron chi connectivity index (χ3n) is 2.79. The molecule has 0 bridgehead atoms. The van der Waals surface area contributed by atoms with Gasteiger partial charge in [0, 0.05) is 12.6 Å². The highest BCUT2D eigenvalue weighted by Gasteiger charge is 2.12. The normalized spacial score (nSPS) is 10.2. The van der Waals surface area contributed by atoms with E-state index in [1.165, 1.54) is 19.0 Å². The molecule has 0 unspecified atom stereocenters. The van der Waals surface area contributed by atoms with E-state index in [1.54, 1.807) is 12.1 Å². The van der Waals surface area contributed by atoms with Crippen LogP contribution in [0.2, 0.25) is 0 Å². The summed E-state index contributed by atoms with van der Waals surface area (Å²) < 4.78 is 0. The first-order valence-electron chi connectivity index (χ1n) is 6.63. The third-order valence-corrected chi connectivity index (χ3v) is 2.79. The molecule has 104 valence electrons. The first-order valence-corrected chi connectivity index (χ1v) is 6.63. The van der Waals surface area contributed by atoms with Crippen LogP contribution in [-0.2, 0) is 4.79 Å². The number of carboxylic acid groups (broad SMARTS) is 1. The topological polar surface area (TPSA) is 79.3 Å². The molecule has 0 aliphatic heterocycles. The minimum Gasteiger partial charge on any atom is -0.476 e. The van der Waals surface area contributed by atoms with Crippen molar-refractivity contribution in [2.75, 3.05) is 5.32 Å². The maximum Gasteiger partial charge on any atom is 0.356 e. The highest BCUT2D eigenvalue weighted by atomic mass is 16.4. The average molecular weight is 264 g/mol. The standard InChI is InChI=1S/C14H20N2O3/c1-2-3-4-5-6-9-12(17)16-11-8-7-10-15-13(11)14(18)19/h7-8,10H,2-6,9H2,1H3,(H,16,17)(H,18,19). The number of carbonyl (C=O) groups is 2. The molecule has 19 heavy (non-hydrogen) atoms. The van der Waals surface area contributed by atoms with E-state index < -0.39 is 5.97 Å². The number of anilines is 1. The van der Waals surface area contributed by atoms with Gasteiger partial charge in [0.15, 0.2) is 5.69 Å². The molecule has 1 aromatic heterocycles. The zero-order chi connectivity index (χ0) is 14.1. The zero-order valence-electron chi connectivity index (χ0n) is 11.2. The van der Waals surface area contributed by atoms with E-state index in [-0.39, 0.29) is 17.3 Å². The van der Waals surface area contributed by atoms with Gasteiger partial charge in [-0.15, -0.1) is 0 Å². The number of aromatic carboxylic acids is 1. The number of hydrogen-bond donors (Lipinski definition) is 2. The number of pyridine rings is 1. The maximum absolute atomic E-state index is 11.7. The highest BCUT2D eigenvalue weighted by Crippen LogP contribution is 2.13. The van der Waals surface area contributed by atoms with Crippen LogP contribution < -0.4 is 5.32 Å². The Morgan fingerprint density at radius 3 is 2.68 bits per heavy atom. The molecular weight excluding hydrogens is 244 g/mol. The van der Waals surface area contributed by atoms with Crippen molar-refractivity contribution in [3.63, 3.8) is 0 Å². The van der Waals surface area contributed by atoms with E-state index in [0.717, 1.165) is 19.3 Å². The SMILES string of the molecule is CCCCCCCC(=O)Nc1cccnc1C(=O)O. The van der Waals surface area contributed by atoms with Crippen molar-refractivity contribution in [1.29, 1.82) is 0 Å². The van der Waals surface area contributed by atoms with Gasteiger partial charge in [0.2, 0.25) is 5.91 Å². The van der Waals surface area contributed by atoms with Gasteiger partial charge >= 0.3 is 5.97 Å². The fourth-order valence-electron chi connectivity index (χ4n) is 1.78. The molecule has 1 heterocycles.